The zero-order chi connectivity index (χ0) is 9.26. The number of alkyl halides is 1. The molecule has 0 bridgehead atoms. The molecule has 1 aromatic carbocycles. The minimum absolute atomic E-state index is 0.201. The van der Waals surface area contributed by atoms with Gasteiger partial charge in [-0.25, -0.2) is 4.39 Å². The number of halogens is 1. The Morgan fingerprint density at radius 3 is 2.46 bits per heavy atom. The molecule has 0 aromatic heterocycles. The third-order valence-electron chi connectivity index (χ3n) is 2.62. The van der Waals surface area contributed by atoms with Gasteiger partial charge in [0.05, 0.1) is 0 Å². The summed E-state index contributed by atoms with van der Waals surface area (Å²) in [6.45, 7) is 1.77. The van der Waals surface area contributed by atoms with Gasteiger partial charge in [0.1, 0.15) is 6.17 Å². The van der Waals surface area contributed by atoms with Crippen LogP contribution < -0.4 is 0 Å². The summed E-state index contributed by atoms with van der Waals surface area (Å²) in [4.78, 5) is 2.14. The summed E-state index contributed by atoms with van der Waals surface area (Å²) >= 11 is 0. The van der Waals surface area contributed by atoms with Crippen molar-refractivity contribution in [3.63, 3.8) is 0 Å². The van der Waals surface area contributed by atoms with Gasteiger partial charge >= 0.3 is 0 Å². The maximum absolute atomic E-state index is 13.7. The molecule has 1 saturated heterocycles. The first kappa shape index (κ1) is 8.70. The van der Waals surface area contributed by atoms with Crippen molar-refractivity contribution in [3.05, 3.63) is 35.9 Å². The fourth-order valence-electron chi connectivity index (χ4n) is 1.84. The van der Waals surface area contributed by atoms with Crippen molar-refractivity contribution in [2.24, 2.45) is 5.92 Å². The van der Waals surface area contributed by atoms with E-state index in [9.17, 15) is 4.39 Å². The van der Waals surface area contributed by atoms with Crippen LogP contribution >= 0.6 is 0 Å². The first-order valence-corrected chi connectivity index (χ1v) is 4.65. The molecule has 1 aromatic rings. The summed E-state index contributed by atoms with van der Waals surface area (Å²) in [7, 11) is 2.02. The van der Waals surface area contributed by atoms with Crippen molar-refractivity contribution in [1.82, 2.24) is 4.90 Å². The Hall–Kier alpha value is -0.890. The molecule has 1 heterocycles. The monoisotopic (exact) mass is 179 g/mol. The van der Waals surface area contributed by atoms with Crippen molar-refractivity contribution in [1.29, 1.82) is 0 Å². The number of hydrogen-bond donors (Lipinski definition) is 0. The molecule has 2 rings (SSSR count). The summed E-state index contributed by atoms with van der Waals surface area (Å²) in [5.41, 5.74) is 0.820. The number of likely N-dealkylation sites (tertiary alicyclic amines) is 1. The first-order chi connectivity index (χ1) is 6.27. The van der Waals surface area contributed by atoms with E-state index in [-0.39, 0.29) is 5.92 Å². The van der Waals surface area contributed by atoms with Crippen molar-refractivity contribution < 1.29 is 4.39 Å². The highest BCUT2D eigenvalue weighted by Crippen LogP contribution is 2.31. The van der Waals surface area contributed by atoms with Gasteiger partial charge in [-0.15, -0.1) is 0 Å². The van der Waals surface area contributed by atoms with Crippen LogP contribution in [0, 0.1) is 5.92 Å². The standard InChI is InChI=1S/C11H14FN/c1-13-7-10(8-13)11(12)9-5-3-2-4-6-9/h2-6,10-11H,7-8H2,1H3. The zero-order valence-corrected chi connectivity index (χ0v) is 7.78. The van der Waals surface area contributed by atoms with Crippen LogP contribution in [0.4, 0.5) is 4.39 Å². The van der Waals surface area contributed by atoms with Gasteiger partial charge in [-0.05, 0) is 12.6 Å². The van der Waals surface area contributed by atoms with Crippen LogP contribution in [0.2, 0.25) is 0 Å². The lowest BCUT2D eigenvalue weighted by Gasteiger charge is -2.38. The topological polar surface area (TPSA) is 3.24 Å². The lowest BCUT2D eigenvalue weighted by molar-refractivity contribution is 0.0596. The van der Waals surface area contributed by atoms with Crippen molar-refractivity contribution >= 4 is 0 Å². The molecule has 70 valence electrons. The highest BCUT2D eigenvalue weighted by Gasteiger charge is 2.31. The third-order valence-corrected chi connectivity index (χ3v) is 2.62. The van der Waals surface area contributed by atoms with E-state index in [0.717, 1.165) is 18.7 Å². The zero-order valence-electron chi connectivity index (χ0n) is 7.78. The molecule has 1 aliphatic heterocycles. The predicted octanol–water partition coefficient (Wildman–Crippen LogP) is 2.26. The van der Waals surface area contributed by atoms with Gasteiger partial charge in [0.15, 0.2) is 0 Å². The van der Waals surface area contributed by atoms with Crippen LogP contribution in [0.25, 0.3) is 0 Å². The second kappa shape index (κ2) is 3.46. The van der Waals surface area contributed by atoms with Gasteiger partial charge in [0, 0.05) is 19.0 Å². The molecule has 0 amide bonds. The average molecular weight is 179 g/mol. The van der Waals surface area contributed by atoms with Crippen LogP contribution in [0.15, 0.2) is 30.3 Å². The largest absolute Gasteiger partial charge is 0.305 e. The molecule has 0 radical (unpaired) electrons. The number of rotatable bonds is 2. The van der Waals surface area contributed by atoms with Gasteiger partial charge in [0.25, 0.3) is 0 Å². The lowest BCUT2D eigenvalue weighted by atomic mass is 9.91. The molecule has 0 saturated carbocycles. The minimum Gasteiger partial charge on any atom is -0.305 e. The van der Waals surface area contributed by atoms with Crippen molar-refractivity contribution in [2.75, 3.05) is 20.1 Å². The fraction of sp³-hybridized carbons (Fsp3) is 0.455. The summed E-state index contributed by atoms with van der Waals surface area (Å²) in [6.07, 6.45) is -0.780. The number of hydrogen-bond acceptors (Lipinski definition) is 1. The Labute approximate surface area is 78.2 Å². The van der Waals surface area contributed by atoms with Gasteiger partial charge in [-0.1, -0.05) is 30.3 Å². The second-order valence-corrected chi connectivity index (χ2v) is 3.79. The van der Waals surface area contributed by atoms with Gasteiger partial charge in [0.2, 0.25) is 0 Å². The molecule has 0 aliphatic carbocycles. The molecule has 1 atom stereocenters. The quantitative estimate of drug-likeness (QED) is 0.673. The van der Waals surface area contributed by atoms with E-state index < -0.39 is 6.17 Å². The van der Waals surface area contributed by atoms with Gasteiger partial charge in [-0.3, -0.25) is 0 Å². The smallest absolute Gasteiger partial charge is 0.130 e. The summed E-state index contributed by atoms with van der Waals surface area (Å²) in [6, 6.07) is 9.43. The first-order valence-electron chi connectivity index (χ1n) is 4.65. The highest BCUT2D eigenvalue weighted by atomic mass is 19.1. The van der Waals surface area contributed by atoms with Gasteiger partial charge in [-0.2, -0.15) is 0 Å². The second-order valence-electron chi connectivity index (χ2n) is 3.79. The molecule has 1 aliphatic rings. The molecule has 13 heavy (non-hydrogen) atoms. The van der Waals surface area contributed by atoms with E-state index in [0.29, 0.717) is 0 Å². The SMILES string of the molecule is CN1CC(C(F)c2ccccc2)C1. The third kappa shape index (κ3) is 1.73. The van der Waals surface area contributed by atoms with E-state index in [1.54, 1.807) is 0 Å². The van der Waals surface area contributed by atoms with Crippen molar-refractivity contribution in [3.8, 4) is 0 Å². The molecule has 1 unspecified atom stereocenters. The normalized spacial score (nSPS) is 21.1. The Bertz CT molecular complexity index is 267. The number of nitrogens with zero attached hydrogens (tertiary/aromatic N) is 1. The molecular formula is C11H14FN. The van der Waals surface area contributed by atoms with E-state index in [1.165, 1.54) is 0 Å². The van der Waals surface area contributed by atoms with Gasteiger partial charge < -0.3 is 4.90 Å². The van der Waals surface area contributed by atoms with Crippen LogP contribution in [0.3, 0.4) is 0 Å². The van der Waals surface area contributed by atoms with E-state index in [2.05, 4.69) is 4.90 Å². The van der Waals surface area contributed by atoms with E-state index in [4.69, 9.17) is 0 Å². The average Bonchev–Trinajstić information content (AvgIpc) is 2.13. The van der Waals surface area contributed by atoms with E-state index >= 15 is 0 Å². The maximum Gasteiger partial charge on any atom is 0.130 e. The maximum atomic E-state index is 13.7. The van der Waals surface area contributed by atoms with Crippen LogP contribution in [-0.4, -0.2) is 25.0 Å². The van der Waals surface area contributed by atoms with Crippen LogP contribution in [0.5, 0.6) is 0 Å². The number of benzene rings is 1. The molecule has 1 fully saturated rings. The highest BCUT2D eigenvalue weighted by molar-refractivity contribution is 5.19. The lowest BCUT2D eigenvalue weighted by Crippen LogP contribution is -2.45. The van der Waals surface area contributed by atoms with E-state index in [1.807, 2.05) is 37.4 Å². The predicted molar refractivity (Wildman–Crippen MR) is 51.3 cm³/mol. The summed E-state index contributed by atoms with van der Waals surface area (Å²) in [5, 5.41) is 0. The Morgan fingerprint density at radius 2 is 1.92 bits per heavy atom. The molecule has 2 heteroatoms. The van der Waals surface area contributed by atoms with Crippen LogP contribution in [0.1, 0.15) is 11.7 Å². The fourth-order valence-corrected chi connectivity index (χ4v) is 1.84. The molecule has 0 spiro atoms. The van der Waals surface area contributed by atoms with Crippen LogP contribution in [-0.2, 0) is 0 Å². The minimum atomic E-state index is -0.780. The Morgan fingerprint density at radius 1 is 1.31 bits per heavy atom. The Balaban J connectivity index is 2.02. The Kier molecular flexibility index (Phi) is 2.32. The molecule has 0 N–H and O–H groups in total. The summed E-state index contributed by atoms with van der Waals surface area (Å²) < 4.78 is 13.7. The summed E-state index contributed by atoms with van der Waals surface area (Å²) in [5.74, 6) is 0.201. The van der Waals surface area contributed by atoms with Crippen molar-refractivity contribution in [2.45, 2.75) is 6.17 Å². The molecule has 1 nitrogen and oxygen atoms in total. The molecular weight excluding hydrogens is 165 g/mol.